The fraction of sp³-hybridized carbons (Fsp3) is 0.409. The van der Waals surface area contributed by atoms with E-state index in [1.807, 2.05) is 25.1 Å². The summed E-state index contributed by atoms with van der Waals surface area (Å²) >= 11 is 0. The summed E-state index contributed by atoms with van der Waals surface area (Å²) < 4.78 is 24.4. The number of methoxy groups -OCH3 is 1. The first-order valence-electron chi connectivity index (χ1n) is 9.37. The number of carbonyl (C=O) groups is 1. The Morgan fingerprint density at radius 1 is 1.11 bits per heavy atom. The topological polar surface area (TPSA) is 50.8 Å². The zero-order valence-electron chi connectivity index (χ0n) is 17.2. The molecule has 2 rings (SSSR count). The lowest BCUT2D eigenvalue weighted by molar-refractivity contribution is 0.0931. The van der Waals surface area contributed by atoms with E-state index in [4.69, 9.17) is 9.47 Å². The summed E-state index contributed by atoms with van der Waals surface area (Å²) in [7, 11) is 3.67. The molecule has 1 amide bonds. The Morgan fingerprint density at radius 3 is 2.39 bits per heavy atom. The van der Waals surface area contributed by atoms with E-state index in [2.05, 4.69) is 31.1 Å². The van der Waals surface area contributed by atoms with E-state index in [9.17, 15) is 9.18 Å². The number of ether oxygens (including phenoxy) is 2. The van der Waals surface area contributed by atoms with Crippen LogP contribution >= 0.6 is 0 Å². The van der Waals surface area contributed by atoms with E-state index >= 15 is 0 Å². The summed E-state index contributed by atoms with van der Waals surface area (Å²) in [5.41, 5.74) is 1.53. The molecule has 0 spiro atoms. The zero-order valence-corrected chi connectivity index (χ0v) is 17.2. The molecule has 28 heavy (non-hydrogen) atoms. The highest BCUT2D eigenvalue weighted by Gasteiger charge is 2.14. The molecule has 1 unspecified atom stereocenters. The van der Waals surface area contributed by atoms with Crippen LogP contribution in [-0.4, -0.2) is 43.7 Å². The van der Waals surface area contributed by atoms with Crippen molar-refractivity contribution in [3.63, 3.8) is 0 Å². The van der Waals surface area contributed by atoms with Gasteiger partial charge < -0.3 is 14.8 Å². The smallest absolute Gasteiger partial charge is 0.251 e. The minimum Gasteiger partial charge on any atom is -0.493 e. The average Bonchev–Trinajstić information content (AvgIpc) is 2.66. The molecule has 1 N–H and O–H groups in total. The van der Waals surface area contributed by atoms with Crippen LogP contribution in [-0.2, 0) is 6.54 Å². The monoisotopic (exact) mass is 388 g/mol. The molecule has 0 radical (unpaired) electrons. The lowest BCUT2D eigenvalue weighted by atomic mass is 10.1. The number of hydrogen-bond acceptors (Lipinski definition) is 4. The number of amides is 1. The molecule has 0 aromatic heterocycles. The highest BCUT2D eigenvalue weighted by Crippen LogP contribution is 2.29. The van der Waals surface area contributed by atoms with Crippen molar-refractivity contribution < 1.29 is 18.7 Å². The van der Waals surface area contributed by atoms with Crippen molar-refractivity contribution >= 4 is 5.91 Å². The Kier molecular flexibility index (Phi) is 7.81. The van der Waals surface area contributed by atoms with Crippen molar-refractivity contribution in [2.75, 3.05) is 20.7 Å². The Hall–Kier alpha value is -2.60. The average molecular weight is 388 g/mol. The predicted molar refractivity (Wildman–Crippen MR) is 108 cm³/mol. The lowest BCUT2D eigenvalue weighted by Crippen LogP contribution is -2.33. The fourth-order valence-electron chi connectivity index (χ4n) is 2.58. The second-order valence-corrected chi connectivity index (χ2v) is 7.14. The Labute approximate surface area is 166 Å². The number of halogens is 1. The van der Waals surface area contributed by atoms with Crippen LogP contribution in [0.5, 0.6) is 11.5 Å². The van der Waals surface area contributed by atoms with Gasteiger partial charge in [0.15, 0.2) is 11.5 Å². The van der Waals surface area contributed by atoms with Crippen molar-refractivity contribution in [2.45, 2.75) is 39.5 Å². The highest BCUT2D eigenvalue weighted by molar-refractivity contribution is 5.94. The predicted octanol–water partition coefficient (Wildman–Crippen LogP) is 3.87. The standard InChI is InChI=1S/C22H29FN2O3/c1-15(2)25(4)14-17-6-11-20(27-5)21(12-17)28-16(3)13-24-22(26)18-7-9-19(23)10-8-18/h6-12,15-16H,13-14H2,1-5H3,(H,24,26). The van der Waals surface area contributed by atoms with Crippen molar-refractivity contribution in [2.24, 2.45) is 0 Å². The highest BCUT2D eigenvalue weighted by atomic mass is 19.1. The van der Waals surface area contributed by atoms with E-state index in [1.165, 1.54) is 24.3 Å². The van der Waals surface area contributed by atoms with Gasteiger partial charge in [0.25, 0.3) is 5.91 Å². The molecule has 5 nitrogen and oxygen atoms in total. The summed E-state index contributed by atoms with van der Waals surface area (Å²) in [5.74, 6) is 0.645. The molecule has 2 aromatic carbocycles. The van der Waals surface area contributed by atoms with Gasteiger partial charge in [-0.15, -0.1) is 0 Å². The molecule has 0 aliphatic rings. The molecule has 152 valence electrons. The lowest BCUT2D eigenvalue weighted by Gasteiger charge is -2.22. The van der Waals surface area contributed by atoms with Crippen molar-refractivity contribution in [1.82, 2.24) is 10.2 Å². The summed E-state index contributed by atoms with van der Waals surface area (Å²) in [6, 6.07) is 11.7. The number of hydrogen-bond donors (Lipinski definition) is 1. The van der Waals surface area contributed by atoms with Crippen molar-refractivity contribution in [1.29, 1.82) is 0 Å². The SMILES string of the molecule is COc1ccc(CN(C)C(C)C)cc1OC(C)CNC(=O)c1ccc(F)cc1. The van der Waals surface area contributed by atoms with Gasteiger partial charge in [-0.25, -0.2) is 4.39 Å². The van der Waals surface area contributed by atoms with Crippen LogP contribution < -0.4 is 14.8 Å². The van der Waals surface area contributed by atoms with Crippen LogP contribution in [0.15, 0.2) is 42.5 Å². The molecule has 0 bridgehead atoms. The first-order valence-corrected chi connectivity index (χ1v) is 9.37. The minimum absolute atomic E-state index is 0.267. The fourth-order valence-corrected chi connectivity index (χ4v) is 2.58. The summed E-state index contributed by atoms with van der Waals surface area (Å²) in [6.45, 7) is 7.28. The van der Waals surface area contributed by atoms with Crippen LogP contribution in [0.3, 0.4) is 0 Å². The molecule has 0 heterocycles. The van der Waals surface area contributed by atoms with Gasteiger partial charge in [-0.2, -0.15) is 0 Å². The molecular formula is C22H29FN2O3. The second kappa shape index (κ2) is 10.1. The molecule has 6 heteroatoms. The minimum atomic E-state index is -0.372. The summed E-state index contributed by atoms with van der Waals surface area (Å²) in [5, 5.41) is 2.80. The van der Waals surface area contributed by atoms with Gasteiger partial charge in [0.1, 0.15) is 11.9 Å². The van der Waals surface area contributed by atoms with Gasteiger partial charge in [0, 0.05) is 18.2 Å². The molecular weight excluding hydrogens is 359 g/mol. The number of nitrogens with one attached hydrogen (secondary N) is 1. The van der Waals surface area contributed by atoms with Gasteiger partial charge in [-0.05, 0) is 69.8 Å². The summed E-state index contributed by atoms with van der Waals surface area (Å²) in [6.07, 6.45) is -0.267. The normalized spacial score (nSPS) is 12.1. The molecule has 2 aromatic rings. The summed E-state index contributed by atoms with van der Waals surface area (Å²) in [4.78, 5) is 14.4. The van der Waals surface area contributed by atoms with Crippen LogP contribution in [0, 0.1) is 5.82 Å². The zero-order chi connectivity index (χ0) is 20.7. The van der Waals surface area contributed by atoms with Gasteiger partial charge in [0.2, 0.25) is 0 Å². The maximum atomic E-state index is 13.0. The maximum absolute atomic E-state index is 13.0. The number of benzene rings is 2. The molecule has 0 saturated carbocycles. The third-order valence-electron chi connectivity index (χ3n) is 4.53. The van der Waals surface area contributed by atoms with E-state index in [1.54, 1.807) is 7.11 Å². The Morgan fingerprint density at radius 2 is 1.79 bits per heavy atom. The van der Waals surface area contributed by atoms with Gasteiger partial charge in [0.05, 0.1) is 13.7 Å². The Balaban J connectivity index is 1.98. The largest absolute Gasteiger partial charge is 0.493 e. The van der Waals surface area contributed by atoms with E-state index < -0.39 is 0 Å². The van der Waals surface area contributed by atoms with E-state index in [-0.39, 0.29) is 17.8 Å². The molecule has 0 saturated heterocycles. The van der Waals surface area contributed by atoms with Crippen LogP contribution in [0.2, 0.25) is 0 Å². The van der Waals surface area contributed by atoms with E-state index in [0.717, 1.165) is 12.1 Å². The maximum Gasteiger partial charge on any atom is 0.251 e. The quantitative estimate of drug-likeness (QED) is 0.708. The van der Waals surface area contributed by atoms with Crippen molar-refractivity contribution in [3.8, 4) is 11.5 Å². The van der Waals surface area contributed by atoms with Crippen LogP contribution in [0.25, 0.3) is 0 Å². The first kappa shape index (κ1) is 21.7. The van der Waals surface area contributed by atoms with Crippen molar-refractivity contribution in [3.05, 3.63) is 59.4 Å². The first-order chi connectivity index (χ1) is 13.3. The van der Waals surface area contributed by atoms with Gasteiger partial charge in [-0.3, -0.25) is 9.69 Å². The molecule has 0 aliphatic heterocycles. The third-order valence-corrected chi connectivity index (χ3v) is 4.53. The molecule has 0 fully saturated rings. The van der Waals surface area contributed by atoms with Gasteiger partial charge >= 0.3 is 0 Å². The van der Waals surface area contributed by atoms with Gasteiger partial charge in [-0.1, -0.05) is 6.07 Å². The third kappa shape index (κ3) is 6.23. The Bertz CT molecular complexity index is 778. The molecule has 1 atom stereocenters. The molecule has 0 aliphatic carbocycles. The number of nitrogens with zero attached hydrogens (tertiary/aromatic N) is 1. The van der Waals surface area contributed by atoms with Crippen LogP contribution in [0.4, 0.5) is 4.39 Å². The number of carbonyl (C=O) groups excluding carboxylic acids is 1. The number of rotatable bonds is 9. The van der Waals surface area contributed by atoms with Crippen LogP contribution in [0.1, 0.15) is 36.7 Å². The second-order valence-electron chi connectivity index (χ2n) is 7.14. The van der Waals surface area contributed by atoms with E-state index in [0.29, 0.717) is 29.6 Å².